The standard InChI is InChI=1S/C13H13N3O2S3/c1-3-15-8-6-7(18-2)4-5-9(8)20-12(15)10-11(17)16(14)13(19)21-10/h4-6H,3,14H2,1-2H3. The summed E-state index contributed by atoms with van der Waals surface area (Å²) in [5.41, 5.74) is 1.04. The molecule has 3 rings (SSSR count). The third kappa shape index (κ3) is 2.32. The van der Waals surface area contributed by atoms with Gasteiger partial charge in [-0.2, -0.15) is 0 Å². The maximum Gasteiger partial charge on any atom is 0.283 e. The Hall–Kier alpha value is -1.22. The number of hydrazine groups is 1. The van der Waals surface area contributed by atoms with Crippen molar-refractivity contribution in [1.29, 1.82) is 0 Å². The first-order chi connectivity index (χ1) is 10.1. The lowest BCUT2D eigenvalue weighted by atomic mass is 10.2. The van der Waals surface area contributed by atoms with Gasteiger partial charge in [-0.05, 0) is 19.1 Å². The SMILES string of the molecule is CCN1C(=C2SC(=S)N(N)C2=O)Sc2ccc(OC)cc21. The van der Waals surface area contributed by atoms with Crippen LogP contribution < -0.4 is 15.5 Å². The lowest BCUT2D eigenvalue weighted by Gasteiger charge is -2.19. The summed E-state index contributed by atoms with van der Waals surface area (Å²) in [4.78, 5) is 16.0. The van der Waals surface area contributed by atoms with Crippen molar-refractivity contribution in [2.75, 3.05) is 18.6 Å². The van der Waals surface area contributed by atoms with Crippen molar-refractivity contribution in [3.05, 3.63) is 28.1 Å². The Morgan fingerprint density at radius 3 is 2.71 bits per heavy atom. The zero-order valence-corrected chi connectivity index (χ0v) is 13.9. The fourth-order valence-electron chi connectivity index (χ4n) is 2.18. The number of benzene rings is 1. The van der Waals surface area contributed by atoms with E-state index in [1.54, 1.807) is 18.9 Å². The minimum Gasteiger partial charge on any atom is -0.497 e. The molecule has 1 aromatic rings. The zero-order valence-electron chi connectivity index (χ0n) is 11.5. The number of rotatable bonds is 2. The largest absolute Gasteiger partial charge is 0.497 e. The molecule has 1 aromatic carbocycles. The summed E-state index contributed by atoms with van der Waals surface area (Å²) >= 11 is 7.90. The third-order valence-electron chi connectivity index (χ3n) is 3.22. The molecule has 110 valence electrons. The molecule has 8 heteroatoms. The number of amides is 1. The summed E-state index contributed by atoms with van der Waals surface area (Å²) in [5.74, 6) is 6.20. The Kier molecular flexibility index (Phi) is 3.87. The van der Waals surface area contributed by atoms with Crippen LogP contribution in [-0.2, 0) is 4.79 Å². The normalized spacial score (nSPS) is 21.3. The molecule has 0 unspecified atom stereocenters. The summed E-state index contributed by atoms with van der Waals surface area (Å²) in [6.07, 6.45) is 0. The quantitative estimate of drug-likeness (QED) is 0.384. The van der Waals surface area contributed by atoms with Crippen LogP contribution in [0.15, 0.2) is 33.0 Å². The van der Waals surface area contributed by atoms with E-state index in [1.165, 1.54) is 11.8 Å². The number of hydrogen-bond donors (Lipinski definition) is 1. The minimum atomic E-state index is -0.245. The van der Waals surface area contributed by atoms with E-state index in [1.807, 2.05) is 25.1 Å². The van der Waals surface area contributed by atoms with Gasteiger partial charge in [-0.1, -0.05) is 35.7 Å². The molecule has 0 aromatic heterocycles. The molecule has 2 aliphatic rings. The van der Waals surface area contributed by atoms with Crippen LogP contribution in [0.1, 0.15) is 6.92 Å². The van der Waals surface area contributed by atoms with Crippen molar-refractivity contribution in [2.24, 2.45) is 5.84 Å². The molecule has 0 bridgehead atoms. The first kappa shape index (κ1) is 14.7. The molecule has 0 aliphatic carbocycles. The molecule has 2 N–H and O–H groups in total. The topological polar surface area (TPSA) is 58.8 Å². The van der Waals surface area contributed by atoms with E-state index in [0.717, 1.165) is 32.9 Å². The molecule has 0 saturated carbocycles. The Bertz CT molecular complexity index is 675. The second-order valence-electron chi connectivity index (χ2n) is 4.36. The molecule has 1 fully saturated rings. The van der Waals surface area contributed by atoms with Gasteiger partial charge in [-0.25, -0.2) is 10.9 Å². The lowest BCUT2D eigenvalue weighted by molar-refractivity contribution is -0.122. The number of ether oxygens (including phenoxy) is 1. The van der Waals surface area contributed by atoms with Crippen molar-refractivity contribution in [3.8, 4) is 5.75 Å². The monoisotopic (exact) mass is 339 g/mol. The predicted molar refractivity (Wildman–Crippen MR) is 90.1 cm³/mol. The maximum absolute atomic E-state index is 12.2. The number of carbonyl (C=O) groups is 1. The number of nitrogens with zero attached hydrogens (tertiary/aromatic N) is 2. The van der Waals surface area contributed by atoms with Crippen LogP contribution in [0.4, 0.5) is 5.69 Å². The third-order valence-corrected chi connectivity index (χ3v) is 5.92. The van der Waals surface area contributed by atoms with Crippen molar-refractivity contribution in [2.45, 2.75) is 11.8 Å². The molecule has 21 heavy (non-hydrogen) atoms. The first-order valence-electron chi connectivity index (χ1n) is 6.25. The molecule has 0 spiro atoms. The van der Waals surface area contributed by atoms with Crippen LogP contribution in [0, 0.1) is 0 Å². The van der Waals surface area contributed by atoms with Gasteiger partial charge in [-0.15, -0.1) is 0 Å². The highest BCUT2D eigenvalue weighted by Gasteiger charge is 2.37. The molecular weight excluding hydrogens is 326 g/mol. The van der Waals surface area contributed by atoms with Gasteiger partial charge in [0.1, 0.15) is 15.7 Å². The van der Waals surface area contributed by atoms with Crippen LogP contribution >= 0.6 is 35.7 Å². The van der Waals surface area contributed by atoms with E-state index in [4.69, 9.17) is 22.8 Å². The Labute approximate surface area is 136 Å². The van der Waals surface area contributed by atoms with E-state index in [9.17, 15) is 4.79 Å². The number of thioether (sulfide) groups is 2. The molecule has 0 atom stereocenters. The van der Waals surface area contributed by atoms with Gasteiger partial charge in [0, 0.05) is 17.5 Å². The second-order valence-corrected chi connectivity index (χ2v) is 7.03. The van der Waals surface area contributed by atoms with Gasteiger partial charge in [0.05, 0.1) is 12.8 Å². The Balaban J connectivity index is 2.07. The molecule has 0 radical (unpaired) electrons. The van der Waals surface area contributed by atoms with Crippen molar-refractivity contribution >= 4 is 51.7 Å². The van der Waals surface area contributed by atoms with Crippen molar-refractivity contribution < 1.29 is 9.53 Å². The van der Waals surface area contributed by atoms with E-state index in [-0.39, 0.29) is 5.91 Å². The number of thiocarbonyl (C=S) groups is 1. The van der Waals surface area contributed by atoms with E-state index < -0.39 is 0 Å². The number of methoxy groups -OCH3 is 1. The Morgan fingerprint density at radius 1 is 1.38 bits per heavy atom. The van der Waals surface area contributed by atoms with E-state index in [2.05, 4.69) is 4.90 Å². The number of nitrogens with two attached hydrogens (primary N) is 1. The molecule has 2 heterocycles. The second kappa shape index (κ2) is 5.53. The van der Waals surface area contributed by atoms with Crippen LogP contribution in [0.2, 0.25) is 0 Å². The number of hydrogen-bond acceptors (Lipinski definition) is 7. The average molecular weight is 339 g/mol. The van der Waals surface area contributed by atoms with Crippen LogP contribution in [0.5, 0.6) is 5.75 Å². The van der Waals surface area contributed by atoms with Gasteiger partial charge in [0.25, 0.3) is 5.91 Å². The van der Waals surface area contributed by atoms with Crippen molar-refractivity contribution in [3.63, 3.8) is 0 Å². The van der Waals surface area contributed by atoms with Crippen molar-refractivity contribution in [1.82, 2.24) is 5.01 Å². The summed E-state index contributed by atoms with van der Waals surface area (Å²) in [5, 5.41) is 1.91. The van der Waals surface area contributed by atoms with E-state index >= 15 is 0 Å². The minimum absolute atomic E-state index is 0.245. The highest BCUT2D eigenvalue weighted by Crippen LogP contribution is 2.51. The van der Waals surface area contributed by atoms with Gasteiger partial charge < -0.3 is 9.64 Å². The summed E-state index contributed by atoms with van der Waals surface area (Å²) in [6, 6.07) is 5.89. The van der Waals surface area contributed by atoms with Gasteiger partial charge in [0.15, 0.2) is 4.32 Å². The zero-order chi connectivity index (χ0) is 15.1. The first-order valence-corrected chi connectivity index (χ1v) is 8.29. The molecule has 1 amide bonds. The van der Waals surface area contributed by atoms with Crippen LogP contribution in [0.3, 0.4) is 0 Å². The fraction of sp³-hybridized carbons (Fsp3) is 0.231. The molecule has 1 saturated heterocycles. The average Bonchev–Trinajstić information content (AvgIpc) is 2.98. The van der Waals surface area contributed by atoms with Crippen LogP contribution in [-0.4, -0.2) is 28.9 Å². The Morgan fingerprint density at radius 2 is 2.14 bits per heavy atom. The number of anilines is 1. The maximum atomic E-state index is 12.2. The predicted octanol–water partition coefficient (Wildman–Crippen LogP) is 2.53. The molecular formula is C13H13N3O2S3. The lowest BCUT2D eigenvalue weighted by Crippen LogP contribution is -2.35. The van der Waals surface area contributed by atoms with E-state index in [0.29, 0.717) is 9.23 Å². The smallest absolute Gasteiger partial charge is 0.283 e. The van der Waals surface area contributed by atoms with Gasteiger partial charge in [-0.3, -0.25) is 4.79 Å². The number of fused-ring (bicyclic) bond motifs is 1. The fourth-order valence-corrected chi connectivity index (χ4v) is 4.64. The summed E-state index contributed by atoms with van der Waals surface area (Å²) < 4.78 is 5.66. The summed E-state index contributed by atoms with van der Waals surface area (Å²) in [7, 11) is 1.64. The number of carbonyl (C=O) groups excluding carboxylic acids is 1. The van der Waals surface area contributed by atoms with Gasteiger partial charge >= 0.3 is 0 Å². The van der Waals surface area contributed by atoms with Gasteiger partial charge in [0.2, 0.25) is 0 Å². The highest BCUT2D eigenvalue weighted by atomic mass is 32.2. The summed E-state index contributed by atoms with van der Waals surface area (Å²) in [6.45, 7) is 2.79. The molecule has 5 nitrogen and oxygen atoms in total. The highest BCUT2D eigenvalue weighted by molar-refractivity contribution is 8.27. The van der Waals surface area contributed by atoms with Crippen LogP contribution in [0.25, 0.3) is 0 Å². The molecule has 2 aliphatic heterocycles.